The quantitative estimate of drug-likeness (QED) is 0.181. The lowest BCUT2D eigenvalue weighted by Gasteiger charge is -2.17. The van der Waals surface area contributed by atoms with E-state index in [-0.39, 0.29) is 36.0 Å². The predicted molar refractivity (Wildman–Crippen MR) is 122 cm³/mol. The van der Waals surface area contributed by atoms with Crippen LogP contribution in [0.15, 0.2) is 29.3 Å². The Morgan fingerprint density at radius 1 is 1.15 bits per heavy atom. The van der Waals surface area contributed by atoms with Gasteiger partial charge >= 0.3 is 0 Å². The molecule has 7 heteroatoms. The van der Waals surface area contributed by atoms with Gasteiger partial charge in [-0.25, -0.2) is 4.99 Å². The van der Waals surface area contributed by atoms with Gasteiger partial charge in [-0.05, 0) is 43.4 Å². The molecule has 0 aliphatic heterocycles. The van der Waals surface area contributed by atoms with Crippen LogP contribution in [0.4, 0.5) is 0 Å². The van der Waals surface area contributed by atoms with Gasteiger partial charge in [-0.15, -0.1) is 24.0 Å². The van der Waals surface area contributed by atoms with Crippen LogP contribution in [0, 0.1) is 5.92 Å². The van der Waals surface area contributed by atoms with Crippen molar-refractivity contribution in [2.75, 3.05) is 33.4 Å². The molecule has 3 N–H and O–H groups in total. The molecule has 6 nitrogen and oxygen atoms in total. The Kier molecular flexibility index (Phi) is 15.3. The second-order valence-corrected chi connectivity index (χ2v) is 6.52. The molecule has 1 unspecified atom stereocenters. The first-order valence-electron chi connectivity index (χ1n) is 9.47. The van der Waals surface area contributed by atoms with Crippen LogP contribution in [0.1, 0.15) is 39.2 Å². The summed E-state index contributed by atoms with van der Waals surface area (Å²) in [5.41, 5.74) is 1.11. The molecule has 0 radical (unpaired) electrons. The molecule has 0 saturated carbocycles. The van der Waals surface area contributed by atoms with Gasteiger partial charge in [0.2, 0.25) is 0 Å². The third kappa shape index (κ3) is 12.1. The SMILES string of the molecule is CCOCCCNC(=NCc1ccc(OC)cc1)NCCC(O)C(C)C.I. The summed E-state index contributed by atoms with van der Waals surface area (Å²) in [6.07, 6.45) is 1.31. The molecular weight excluding hydrogens is 457 g/mol. The van der Waals surface area contributed by atoms with Crippen LogP contribution in [-0.2, 0) is 11.3 Å². The fourth-order valence-corrected chi connectivity index (χ4v) is 2.27. The Labute approximate surface area is 181 Å². The molecule has 0 fully saturated rings. The monoisotopic (exact) mass is 493 g/mol. The standard InChI is InChI=1S/C20H35N3O3.HI/c1-5-26-14-6-12-21-20(22-13-11-19(24)16(2)3)23-15-17-7-9-18(25-4)10-8-17;/h7-10,16,19,24H,5-6,11-15H2,1-4H3,(H2,21,22,23);1H. The number of aliphatic hydroxyl groups is 1. The van der Waals surface area contributed by atoms with Gasteiger partial charge in [-0.2, -0.15) is 0 Å². The number of aliphatic hydroxyl groups excluding tert-OH is 1. The van der Waals surface area contributed by atoms with Crippen molar-refractivity contribution in [3.05, 3.63) is 29.8 Å². The highest BCUT2D eigenvalue weighted by Crippen LogP contribution is 2.11. The zero-order valence-corrected chi connectivity index (χ0v) is 19.4. The molecule has 1 rings (SSSR count). The Hall–Kier alpha value is -1.06. The van der Waals surface area contributed by atoms with Gasteiger partial charge in [0.25, 0.3) is 0 Å². The minimum atomic E-state index is -0.303. The van der Waals surface area contributed by atoms with Crippen molar-refractivity contribution in [3.8, 4) is 5.75 Å². The lowest BCUT2D eigenvalue weighted by atomic mass is 10.0. The van der Waals surface area contributed by atoms with Crippen molar-refractivity contribution in [1.29, 1.82) is 0 Å². The number of hydrogen-bond donors (Lipinski definition) is 3. The van der Waals surface area contributed by atoms with E-state index in [1.807, 2.05) is 45.0 Å². The number of rotatable bonds is 12. The summed E-state index contributed by atoms with van der Waals surface area (Å²) in [6, 6.07) is 7.90. The second kappa shape index (κ2) is 15.9. The third-order valence-corrected chi connectivity index (χ3v) is 4.04. The molecule has 0 saturated heterocycles. The van der Waals surface area contributed by atoms with Crippen molar-refractivity contribution < 1.29 is 14.6 Å². The van der Waals surface area contributed by atoms with Crippen LogP contribution in [0.25, 0.3) is 0 Å². The highest BCUT2D eigenvalue weighted by molar-refractivity contribution is 14.0. The van der Waals surface area contributed by atoms with Crippen molar-refractivity contribution in [2.45, 2.75) is 46.3 Å². The summed E-state index contributed by atoms with van der Waals surface area (Å²) >= 11 is 0. The second-order valence-electron chi connectivity index (χ2n) is 6.52. The van der Waals surface area contributed by atoms with Gasteiger partial charge in [-0.3, -0.25) is 0 Å². The van der Waals surface area contributed by atoms with Gasteiger partial charge in [0.05, 0.1) is 19.8 Å². The molecular formula is C20H36IN3O3. The predicted octanol–water partition coefficient (Wildman–Crippen LogP) is 3.18. The van der Waals surface area contributed by atoms with E-state index in [9.17, 15) is 5.11 Å². The average molecular weight is 493 g/mol. The first-order chi connectivity index (χ1) is 12.6. The summed E-state index contributed by atoms with van der Waals surface area (Å²) < 4.78 is 10.5. The normalized spacial score (nSPS) is 12.4. The summed E-state index contributed by atoms with van der Waals surface area (Å²) in [5.74, 6) is 1.86. The molecule has 0 aliphatic rings. The molecule has 0 heterocycles. The van der Waals surface area contributed by atoms with Crippen molar-refractivity contribution in [1.82, 2.24) is 10.6 Å². The Bertz CT molecular complexity index is 510. The minimum absolute atomic E-state index is 0. The Balaban J connectivity index is 0.00000676. The number of aliphatic imine (C=N–C) groups is 1. The summed E-state index contributed by atoms with van der Waals surface area (Å²) in [5, 5.41) is 16.6. The highest BCUT2D eigenvalue weighted by atomic mass is 127. The van der Waals surface area contributed by atoms with E-state index in [4.69, 9.17) is 9.47 Å². The smallest absolute Gasteiger partial charge is 0.191 e. The zero-order chi connectivity index (χ0) is 19.2. The first kappa shape index (κ1) is 25.9. The largest absolute Gasteiger partial charge is 0.497 e. The molecule has 0 spiro atoms. The summed E-state index contributed by atoms with van der Waals surface area (Å²) in [4.78, 5) is 4.64. The van der Waals surface area contributed by atoms with E-state index >= 15 is 0 Å². The number of nitrogens with one attached hydrogen (secondary N) is 2. The minimum Gasteiger partial charge on any atom is -0.497 e. The van der Waals surface area contributed by atoms with E-state index in [0.717, 1.165) is 43.5 Å². The number of methoxy groups -OCH3 is 1. The number of ether oxygens (including phenoxy) is 2. The lowest BCUT2D eigenvalue weighted by molar-refractivity contribution is 0.117. The van der Waals surface area contributed by atoms with E-state index in [1.54, 1.807) is 7.11 Å². The number of halogens is 1. The third-order valence-electron chi connectivity index (χ3n) is 4.04. The lowest BCUT2D eigenvalue weighted by Crippen LogP contribution is -2.39. The van der Waals surface area contributed by atoms with Gasteiger partial charge in [-0.1, -0.05) is 26.0 Å². The topological polar surface area (TPSA) is 75.1 Å². The van der Waals surface area contributed by atoms with Crippen LogP contribution in [0.5, 0.6) is 5.75 Å². The highest BCUT2D eigenvalue weighted by Gasteiger charge is 2.09. The summed E-state index contributed by atoms with van der Waals surface area (Å²) in [7, 11) is 1.66. The fraction of sp³-hybridized carbons (Fsp3) is 0.650. The zero-order valence-electron chi connectivity index (χ0n) is 17.0. The van der Waals surface area contributed by atoms with Crippen molar-refractivity contribution >= 4 is 29.9 Å². The molecule has 1 aromatic carbocycles. The van der Waals surface area contributed by atoms with E-state index < -0.39 is 0 Å². The molecule has 1 aromatic rings. The molecule has 0 amide bonds. The molecule has 1 atom stereocenters. The summed E-state index contributed by atoms with van der Waals surface area (Å²) in [6.45, 7) is 9.57. The molecule has 27 heavy (non-hydrogen) atoms. The van der Waals surface area contributed by atoms with E-state index in [2.05, 4.69) is 15.6 Å². The van der Waals surface area contributed by atoms with Crippen LogP contribution < -0.4 is 15.4 Å². The van der Waals surface area contributed by atoms with E-state index in [0.29, 0.717) is 19.5 Å². The Morgan fingerprint density at radius 3 is 2.41 bits per heavy atom. The first-order valence-corrected chi connectivity index (χ1v) is 9.47. The van der Waals surface area contributed by atoms with Gasteiger partial charge in [0.1, 0.15) is 5.75 Å². The van der Waals surface area contributed by atoms with Crippen LogP contribution in [-0.4, -0.2) is 50.6 Å². The van der Waals surface area contributed by atoms with Crippen molar-refractivity contribution in [2.24, 2.45) is 10.9 Å². The van der Waals surface area contributed by atoms with E-state index in [1.165, 1.54) is 0 Å². The van der Waals surface area contributed by atoms with Gasteiger partial charge in [0.15, 0.2) is 5.96 Å². The maximum Gasteiger partial charge on any atom is 0.191 e. The fourth-order valence-electron chi connectivity index (χ4n) is 2.27. The number of guanidine groups is 1. The molecule has 0 bridgehead atoms. The number of hydrogen-bond acceptors (Lipinski definition) is 4. The Morgan fingerprint density at radius 2 is 1.81 bits per heavy atom. The molecule has 156 valence electrons. The van der Waals surface area contributed by atoms with Gasteiger partial charge in [0, 0.05) is 26.3 Å². The molecule has 0 aromatic heterocycles. The maximum atomic E-state index is 9.94. The van der Waals surface area contributed by atoms with Gasteiger partial charge < -0.3 is 25.2 Å². The number of benzene rings is 1. The maximum absolute atomic E-state index is 9.94. The van der Waals surface area contributed by atoms with Crippen LogP contribution in [0.2, 0.25) is 0 Å². The van der Waals surface area contributed by atoms with Crippen molar-refractivity contribution in [3.63, 3.8) is 0 Å². The van der Waals surface area contributed by atoms with Crippen LogP contribution in [0.3, 0.4) is 0 Å². The number of nitrogens with zero attached hydrogens (tertiary/aromatic N) is 1. The van der Waals surface area contributed by atoms with Crippen LogP contribution >= 0.6 is 24.0 Å². The average Bonchev–Trinajstić information content (AvgIpc) is 2.65. The molecule has 0 aliphatic carbocycles.